The van der Waals surface area contributed by atoms with Crippen molar-refractivity contribution in [1.82, 2.24) is 10.2 Å². The number of aromatic nitrogens is 2. The highest BCUT2D eigenvalue weighted by Gasteiger charge is 2.10. The van der Waals surface area contributed by atoms with E-state index in [2.05, 4.69) is 10.2 Å². The molecular weight excluding hydrogens is 170 g/mol. The highest BCUT2D eigenvalue weighted by Crippen LogP contribution is 2.10. The van der Waals surface area contributed by atoms with Crippen molar-refractivity contribution in [2.24, 2.45) is 0 Å². The maximum Gasteiger partial charge on any atom is 0.353 e. The van der Waals surface area contributed by atoms with Gasteiger partial charge in [-0.05, 0) is 13.8 Å². The SMILES string of the molecule is CCN(CC)c1cc(C(=O)O)[nH]n1. The third kappa shape index (κ3) is 1.99. The molecule has 0 unspecified atom stereocenters. The van der Waals surface area contributed by atoms with E-state index in [1.807, 2.05) is 18.7 Å². The zero-order valence-electron chi connectivity index (χ0n) is 7.74. The maximum atomic E-state index is 10.5. The van der Waals surface area contributed by atoms with E-state index in [1.54, 1.807) is 0 Å². The Morgan fingerprint density at radius 2 is 2.23 bits per heavy atom. The summed E-state index contributed by atoms with van der Waals surface area (Å²) >= 11 is 0. The largest absolute Gasteiger partial charge is 0.477 e. The lowest BCUT2D eigenvalue weighted by molar-refractivity contribution is 0.0690. The molecule has 1 aromatic rings. The predicted octanol–water partition coefficient (Wildman–Crippen LogP) is 0.954. The standard InChI is InChI=1S/C8H13N3O2/c1-3-11(4-2)7-5-6(8(12)13)9-10-7/h5H,3-4H2,1-2H3,(H,9,10)(H,12,13). The van der Waals surface area contributed by atoms with Gasteiger partial charge in [-0.1, -0.05) is 0 Å². The number of hydrogen-bond donors (Lipinski definition) is 2. The van der Waals surface area contributed by atoms with Crippen LogP contribution in [0.4, 0.5) is 5.82 Å². The van der Waals surface area contributed by atoms with E-state index in [1.165, 1.54) is 6.07 Å². The summed E-state index contributed by atoms with van der Waals surface area (Å²) in [5.41, 5.74) is 0.127. The molecule has 1 aromatic heterocycles. The first-order valence-corrected chi connectivity index (χ1v) is 4.22. The van der Waals surface area contributed by atoms with E-state index in [9.17, 15) is 4.79 Å². The van der Waals surface area contributed by atoms with Crippen LogP contribution >= 0.6 is 0 Å². The van der Waals surface area contributed by atoms with Crippen LogP contribution in [0.3, 0.4) is 0 Å². The molecule has 5 heteroatoms. The summed E-state index contributed by atoms with van der Waals surface area (Å²) in [6.45, 7) is 5.64. The van der Waals surface area contributed by atoms with Crippen molar-refractivity contribution < 1.29 is 9.90 Å². The van der Waals surface area contributed by atoms with Crippen LogP contribution in [0.1, 0.15) is 24.3 Å². The van der Waals surface area contributed by atoms with Gasteiger partial charge in [-0.3, -0.25) is 5.10 Å². The third-order valence-corrected chi connectivity index (χ3v) is 1.88. The van der Waals surface area contributed by atoms with E-state index >= 15 is 0 Å². The smallest absolute Gasteiger partial charge is 0.353 e. The number of aromatic carboxylic acids is 1. The Morgan fingerprint density at radius 3 is 2.62 bits per heavy atom. The lowest BCUT2D eigenvalue weighted by atomic mass is 10.4. The number of nitrogens with zero attached hydrogens (tertiary/aromatic N) is 2. The fraction of sp³-hybridized carbons (Fsp3) is 0.500. The number of anilines is 1. The van der Waals surface area contributed by atoms with Gasteiger partial charge in [0.2, 0.25) is 0 Å². The van der Waals surface area contributed by atoms with E-state index in [0.717, 1.165) is 13.1 Å². The van der Waals surface area contributed by atoms with E-state index in [0.29, 0.717) is 5.82 Å². The zero-order chi connectivity index (χ0) is 9.84. The van der Waals surface area contributed by atoms with Crippen molar-refractivity contribution in [3.05, 3.63) is 11.8 Å². The number of H-pyrrole nitrogens is 1. The molecular formula is C8H13N3O2. The maximum absolute atomic E-state index is 10.5. The van der Waals surface area contributed by atoms with Gasteiger partial charge in [0.05, 0.1) is 0 Å². The summed E-state index contributed by atoms with van der Waals surface area (Å²) in [4.78, 5) is 12.5. The number of carbonyl (C=O) groups is 1. The lowest BCUT2D eigenvalue weighted by Gasteiger charge is -2.16. The molecule has 0 aromatic carbocycles. The molecule has 0 fully saturated rings. The van der Waals surface area contributed by atoms with E-state index in [-0.39, 0.29) is 5.69 Å². The van der Waals surface area contributed by atoms with Gasteiger partial charge >= 0.3 is 5.97 Å². The normalized spacial score (nSPS) is 10.0. The molecule has 2 N–H and O–H groups in total. The van der Waals surface area contributed by atoms with Crippen molar-refractivity contribution in [3.63, 3.8) is 0 Å². The molecule has 1 heterocycles. The Balaban J connectivity index is 2.84. The Labute approximate surface area is 76.4 Å². The summed E-state index contributed by atoms with van der Waals surface area (Å²) in [6.07, 6.45) is 0. The zero-order valence-corrected chi connectivity index (χ0v) is 7.74. The third-order valence-electron chi connectivity index (χ3n) is 1.88. The molecule has 0 bridgehead atoms. The highest BCUT2D eigenvalue weighted by atomic mass is 16.4. The van der Waals surface area contributed by atoms with Crippen LogP contribution in [0.25, 0.3) is 0 Å². The predicted molar refractivity (Wildman–Crippen MR) is 49.1 cm³/mol. The second kappa shape index (κ2) is 3.93. The fourth-order valence-electron chi connectivity index (χ4n) is 1.13. The van der Waals surface area contributed by atoms with Crippen LogP contribution in [0.15, 0.2) is 6.07 Å². The Morgan fingerprint density at radius 1 is 1.62 bits per heavy atom. The second-order valence-corrected chi connectivity index (χ2v) is 2.62. The van der Waals surface area contributed by atoms with Gasteiger partial charge in [-0.15, -0.1) is 0 Å². The molecule has 0 spiro atoms. The number of nitrogens with one attached hydrogen (secondary N) is 1. The Bertz CT molecular complexity index is 291. The van der Waals surface area contributed by atoms with Crippen LogP contribution in [-0.2, 0) is 0 Å². The monoisotopic (exact) mass is 183 g/mol. The number of rotatable bonds is 4. The molecule has 5 nitrogen and oxygen atoms in total. The summed E-state index contributed by atoms with van der Waals surface area (Å²) < 4.78 is 0. The molecule has 0 radical (unpaired) electrons. The summed E-state index contributed by atoms with van der Waals surface area (Å²) in [5, 5.41) is 15.0. The fourth-order valence-corrected chi connectivity index (χ4v) is 1.13. The molecule has 0 saturated carbocycles. The summed E-state index contributed by atoms with van der Waals surface area (Å²) in [7, 11) is 0. The summed E-state index contributed by atoms with van der Waals surface area (Å²) in [5.74, 6) is -0.298. The van der Waals surface area contributed by atoms with Crippen molar-refractivity contribution in [2.45, 2.75) is 13.8 Å². The van der Waals surface area contributed by atoms with Crippen LogP contribution in [-0.4, -0.2) is 34.4 Å². The van der Waals surface area contributed by atoms with Crippen molar-refractivity contribution in [3.8, 4) is 0 Å². The summed E-state index contributed by atoms with van der Waals surface area (Å²) in [6, 6.07) is 1.54. The molecule has 0 aliphatic heterocycles. The van der Waals surface area contributed by atoms with Crippen LogP contribution < -0.4 is 4.90 Å². The highest BCUT2D eigenvalue weighted by molar-refractivity contribution is 5.86. The Kier molecular flexibility index (Phi) is 2.89. The number of carboxylic acid groups (broad SMARTS) is 1. The first-order chi connectivity index (χ1) is 6.19. The quantitative estimate of drug-likeness (QED) is 0.729. The molecule has 0 aliphatic carbocycles. The number of hydrogen-bond acceptors (Lipinski definition) is 3. The minimum atomic E-state index is -0.981. The van der Waals surface area contributed by atoms with Gasteiger partial charge in [0.1, 0.15) is 5.69 Å². The van der Waals surface area contributed by atoms with Gasteiger partial charge in [0.15, 0.2) is 5.82 Å². The molecule has 0 saturated heterocycles. The minimum absolute atomic E-state index is 0.127. The molecule has 0 aliphatic rings. The van der Waals surface area contributed by atoms with Crippen molar-refractivity contribution >= 4 is 11.8 Å². The first-order valence-electron chi connectivity index (χ1n) is 4.22. The van der Waals surface area contributed by atoms with Gasteiger partial charge in [0, 0.05) is 19.2 Å². The number of aromatic amines is 1. The second-order valence-electron chi connectivity index (χ2n) is 2.62. The van der Waals surface area contributed by atoms with E-state index < -0.39 is 5.97 Å². The molecule has 0 amide bonds. The van der Waals surface area contributed by atoms with Gasteiger partial charge in [0.25, 0.3) is 0 Å². The molecule has 72 valence electrons. The van der Waals surface area contributed by atoms with Gasteiger partial charge < -0.3 is 10.0 Å². The molecule has 13 heavy (non-hydrogen) atoms. The first kappa shape index (κ1) is 9.57. The lowest BCUT2D eigenvalue weighted by Crippen LogP contribution is -2.22. The van der Waals surface area contributed by atoms with Crippen LogP contribution in [0, 0.1) is 0 Å². The average Bonchev–Trinajstić information content (AvgIpc) is 2.56. The average molecular weight is 183 g/mol. The number of carboxylic acids is 1. The van der Waals surface area contributed by atoms with Gasteiger partial charge in [-0.2, -0.15) is 5.10 Å². The minimum Gasteiger partial charge on any atom is -0.477 e. The van der Waals surface area contributed by atoms with Crippen molar-refractivity contribution in [2.75, 3.05) is 18.0 Å². The van der Waals surface area contributed by atoms with Gasteiger partial charge in [-0.25, -0.2) is 4.79 Å². The van der Waals surface area contributed by atoms with Crippen molar-refractivity contribution in [1.29, 1.82) is 0 Å². The van der Waals surface area contributed by atoms with Crippen LogP contribution in [0.2, 0.25) is 0 Å². The Hall–Kier alpha value is -1.52. The molecule has 0 atom stereocenters. The van der Waals surface area contributed by atoms with Crippen LogP contribution in [0.5, 0.6) is 0 Å². The topological polar surface area (TPSA) is 69.2 Å². The van der Waals surface area contributed by atoms with E-state index in [4.69, 9.17) is 5.11 Å². The molecule has 1 rings (SSSR count).